The maximum absolute atomic E-state index is 12.0. The van der Waals surface area contributed by atoms with Crippen LogP contribution in [-0.2, 0) is 14.3 Å². The van der Waals surface area contributed by atoms with Crippen molar-refractivity contribution in [2.75, 3.05) is 11.9 Å². The van der Waals surface area contributed by atoms with Gasteiger partial charge in [-0.15, -0.1) is 0 Å². The molecule has 23 heavy (non-hydrogen) atoms. The normalized spacial score (nSPS) is 12.3. The number of carbonyl (C=O) groups is 3. The van der Waals surface area contributed by atoms with Crippen LogP contribution in [0.2, 0.25) is 0 Å². The predicted molar refractivity (Wildman–Crippen MR) is 87.1 cm³/mol. The minimum atomic E-state index is -0.530. The summed E-state index contributed by atoms with van der Waals surface area (Å²) in [6, 6.07) is 6.38. The second-order valence-electron chi connectivity index (χ2n) is 4.93. The summed E-state index contributed by atoms with van der Waals surface area (Å²) in [5.74, 6) is -1.51. The molecule has 1 aromatic rings. The molecule has 0 aliphatic heterocycles. The summed E-state index contributed by atoms with van der Waals surface area (Å²) in [5, 5.41) is 6.53. The topological polar surface area (TPSA) is 96.9 Å². The van der Waals surface area contributed by atoms with Crippen LogP contribution in [0.25, 0.3) is 0 Å². The van der Waals surface area contributed by atoms with Gasteiger partial charge in [0.25, 0.3) is 5.91 Å². The van der Waals surface area contributed by atoms with E-state index >= 15 is 0 Å². The van der Waals surface area contributed by atoms with E-state index in [2.05, 4.69) is 15.8 Å². The molecule has 0 heterocycles. The standard InChI is InChI=1S/C16H21N3O4/c1-5-23-16(22)10(2)11(3)18-19-15(21)13-6-8-14(9-7-13)17-12(4)20/h6-10H,5H2,1-4H3,(H,17,20)(H,19,21)/t10-/m0/s1. The molecule has 7 nitrogen and oxygen atoms in total. The van der Waals surface area contributed by atoms with Crippen LogP contribution in [0.15, 0.2) is 29.4 Å². The van der Waals surface area contributed by atoms with Crippen LogP contribution in [-0.4, -0.2) is 30.1 Å². The van der Waals surface area contributed by atoms with E-state index in [9.17, 15) is 14.4 Å². The van der Waals surface area contributed by atoms with Crippen LogP contribution in [0.4, 0.5) is 5.69 Å². The molecule has 124 valence electrons. The highest BCUT2D eigenvalue weighted by atomic mass is 16.5. The third-order valence-electron chi connectivity index (χ3n) is 3.07. The number of esters is 1. The van der Waals surface area contributed by atoms with E-state index in [4.69, 9.17) is 4.74 Å². The zero-order valence-electron chi connectivity index (χ0n) is 13.7. The molecule has 0 aromatic heterocycles. The van der Waals surface area contributed by atoms with Crippen molar-refractivity contribution in [3.05, 3.63) is 29.8 Å². The van der Waals surface area contributed by atoms with Gasteiger partial charge in [0, 0.05) is 23.9 Å². The molecule has 0 saturated carbocycles. The number of hydrogen-bond donors (Lipinski definition) is 2. The molecule has 1 aromatic carbocycles. The SMILES string of the molecule is CCOC(=O)[C@@H](C)C(C)=NNC(=O)c1ccc(NC(C)=O)cc1. The van der Waals surface area contributed by atoms with Crippen LogP contribution < -0.4 is 10.7 Å². The average Bonchev–Trinajstić information content (AvgIpc) is 2.51. The summed E-state index contributed by atoms with van der Waals surface area (Å²) in [4.78, 5) is 34.5. The van der Waals surface area contributed by atoms with Crippen molar-refractivity contribution in [2.24, 2.45) is 11.0 Å². The van der Waals surface area contributed by atoms with Gasteiger partial charge >= 0.3 is 5.97 Å². The minimum absolute atomic E-state index is 0.185. The summed E-state index contributed by atoms with van der Waals surface area (Å²) >= 11 is 0. The number of anilines is 1. The lowest BCUT2D eigenvalue weighted by Crippen LogP contribution is -2.25. The number of hydrazone groups is 1. The van der Waals surface area contributed by atoms with Gasteiger partial charge in [-0.1, -0.05) is 0 Å². The summed E-state index contributed by atoms with van der Waals surface area (Å²) in [6.45, 7) is 6.72. The Labute approximate surface area is 135 Å². The van der Waals surface area contributed by atoms with Crippen molar-refractivity contribution in [1.82, 2.24) is 5.43 Å². The first-order chi connectivity index (χ1) is 10.8. The van der Waals surface area contributed by atoms with Crippen LogP contribution in [0.3, 0.4) is 0 Å². The van der Waals surface area contributed by atoms with E-state index in [1.54, 1.807) is 45.0 Å². The van der Waals surface area contributed by atoms with Gasteiger partial charge in [-0.05, 0) is 45.0 Å². The summed E-state index contributed by atoms with van der Waals surface area (Å²) < 4.78 is 4.89. The molecule has 0 spiro atoms. The Balaban J connectivity index is 2.66. The number of nitrogens with one attached hydrogen (secondary N) is 2. The van der Waals surface area contributed by atoms with Crippen molar-refractivity contribution in [3.63, 3.8) is 0 Å². The maximum Gasteiger partial charge on any atom is 0.314 e. The number of amides is 2. The van der Waals surface area contributed by atoms with E-state index in [1.165, 1.54) is 6.92 Å². The highest BCUT2D eigenvalue weighted by Gasteiger charge is 2.17. The molecule has 1 atom stereocenters. The Kier molecular flexibility index (Phi) is 6.92. The summed E-state index contributed by atoms with van der Waals surface area (Å²) in [6.07, 6.45) is 0. The number of carbonyl (C=O) groups excluding carboxylic acids is 3. The molecule has 2 N–H and O–H groups in total. The smallest absolute Gasteiger partial charge is 0.314 e. The molecule has 0 bridgehead atoms. The van der Waals surface area contributed by atoms with Crippen molar-refractivity contribution in [2.45, 2.75) is 27.7 Å². The Morgan fingerprint density at radius 3 is 2.30 bits per heavy atom. The zero-order chi connectivity index (χ0) is 17.4. The summed E-state index contributed by atoms with van der Waals surface area (Å²) in [5.41, 5.74) is 3.83. The van der Waals surface area contributed by atoms with Gasteiger partial charge in [0.15, 0.2) is 0 Å². The number of ether oxygens (including phenoxy) is 1. The van der Waals surface area contributed by atoms with E-state index in [0.717, 1.165) is 0 Å². The van der Waals surface area contributed by atoms with Gasteiger partial charge in [-0.25, -0.2) is 5.43 Å². The molecule has 2 amide bonds. The first-order valence-electron chi connectivity index (χ1n) is 7.24. The maximum atomic E-state index is 12.0. The van der Waals surface area contributed by atoms with Crippen molar-refractivity contribution in [1.29, 1.82) is 0 Å². The third-order valence-corrected chi connectivity index (χ3v) is 3.07. The van der Waals surface area contributed by atoms with Gasteiger partial charge in [0.1, 0.15) is 0 Å². The lowest BCUT2D eigenvalue weighted by Gasteiger charge is -2.10. The number of benzene rings is 1. The molecule has 0 unspecified atom stereocenters. The molecule has 0 aliphatic rings. The fourth-order valence-electron chi connectivity index (χ4n) is 1.65. The van der Waals surface area contributed by atoms with E-state index in [-0.39, 0.29) is 11.9 Å². The molecule has 0 radical (unpaired) electrons. The van der Waals surface area contributed by atoms with E-state index < -0.39 is 11.8 Å². The fourth-order valence-corrected chi connectivity index (χ4v) is 1.65. The second-order valence-corrected chi connectivity index (χ2v) is 4.93. The fraction of sp³-hybridized carbons (Fsp3) is 0.375. The molecule has 1 rings (SSSR count). The van der Waals surface area contributed by atoms with Crippen LogP contribution in [0, 0.1) is 5.92 Å². The molecule has 7 heteroatoms. The largest absolute Gasteiger partial charge is 0.465 e. The van der Waals surface area contributed by atoms with Crippen LogP contribution >= 0.6 is 0 Å². The van der Waals surface area contributed by atoms with Gasteiger partial charge in [0.2, 0.25) is 5.91 Å². The van der Waals surface area contributed by atoms with Gasteiger partial charge in [-0.3, -0.25) is 14.4 Å². The number of nitrogens with zero attached hydrogens (tertiary/aromatic N) is 1. The first kappa shape index (κ1) is 18.3. The van der Waals surface area contributed by atoms with Gasteiger partial charge in [-0.2, -0.15) is 5.10 Å². The van der Waals surface area contributed by atoms with E-state index in [1.807, 2.05) is 0 Å². The minimum Gasteiger partial charge on any atom is -0.465 e. The third kappa shape index (κ3) is 5.90. The first-order valence-corrected chi connectivity index (χ1v) is 7.24. The quantitative estimate of drug-likeness (QED) is 0.476. The van der Waals surface area contributed by atoms with Crippen LogP contribution in [0.5, 0.6) is 0 Å². The van der Waals surface area contributed by atoms with Crippen molar-refractivity contribution < 1.29 is 19.1 Å². The molecule has 0 fully saturated rings. The lowest BCUT2D eigenvalue weighted by molar-refractivity contribution is -0.145. The second kappa shape index (κ2) is 8.67. The molecule has 0 aliphatic carbocycles. The Morgan fingerprint density at radius 1 is 1.17 bits per heavy atom. The zero-order valence-corrected chi connectivity index (χ0v) is 13.7. The van der Waals surface area contributed by atoms with Crippen molar-refractivity contribution in [3.8, 4) is 0 Å². The van der Waals surface area contributed by atoms with Gasteiger partial charge < -0.3 is 10.1 Å². The molecular formula is C16H21N3O4. The van der Waals surface area contributed by atoms with Crippen LogP contribution in [0.1, 0.15) is 38.1 Å². The van der Waals surface area contributed by atoms with E-state index in [0.29, 0.717) is 23.6 Å². The Morgan fingerprint density at radius 2 is 1.78 bits per heavy atom. The highest BCUT2D eigenvalue weighted by molar-refractivity contribution is 6.02. The average molecular weight is 319 g/mol. The predicted octanol–water partition coefficient (Wildman–Crippen LogP) is 1.95. The van der Waals surface area contributed by atoms with Gasteiger partial charge in [0.05, 0.1) is 12.5 Å². The number of rotatable bonds is 6. The van der Waals surface area contributed by atoms with Crippen molar-refractivity contribution >= 4 is 29.2 Å². The molecular weight excluding hydrogens is 298 g/mol. The lowest BCUT2D eigenvalue weighted by atomic mass is 10.1. The summed E-state index contributed by atoms with van der Waals surface area (Å²) in [7, 11) is 0. The Hall–Kier alpha value is -2.70. The Bertz CT molecular complexity index is 608. The highest BCUT2D eigenvalue weighted by Crippen LogP contribution is 2.09. The molecule has 0 saturated heterocycles. The monoisotopic (exact) mass is 319 g/mol. The number of hydrogen-bond acceptors (Lipinski definition) is 5.